The molecule has 3 N–H and O–H groups in total. The summed E-state index contributed by atoms with van der Waals surface area (Å²) in [5.41, 5.74) is 1.17. The van der Waals surface area contributed by atoms with E-state index in [1.165, 1.54) is 0 Å². The molecule has 3 aliphatic heterocycles. The molecule has 26 heavy (non-hydrogen) atoms. The Morgan fingerprint density at radius 3 is 2.77 bits per heavy atom. The van der Waals surface area contributed by atoms with E-state index < -0.39 is 22.9 Å². The van der Waals surface area contributed by atoms with Crippen molar-refractivity contribution in [2.45, 2.75) is 25.8 Å². The van der Waals surface area contributed by atoms with Gasteiger partial charge < -0.3 is 10.4 Å². The number of piperidine rings is 1. The van der Waals surface area contributed by atoms with Crippen LogP contribution >= 0.6 is 0 Å². The fourth-order valence-electron chi connectivity index (χ4n) is 4.05. The third-order valence-electron chi connectivity index (χ3n) is 5.41. The SMILES string of the molecule is O=C1CN(c2c(O)cc3c(c2F)CN(CC2CCNCC2)CC3)S(=O)N1. The second-order valence-corrected chi connectivity index (χ2v) is 8.33. The number of halogens is 1. The quantitative estimate of drug-likeness (QED) is 0.705. The minimum atomic E-state index is -1.86. The Kier molecular flexibility index (Phi) is 4.85. The molecule has 1 amide bonds. The van der Waals surface area contributed by atoms with Gasteiger partial charge in [-0.3, -0.25) is 18.7 Å². The van der Waals surface area contributed by atoms with Crippen LogP contribution in [0.3, 0.4) is 0 Å². The van der Waals surface area contributed by atoms with Crippen molar-refractivity contribution in [1.82, 2.24) is 14.9 Å². The maximum absolute atomic E-state index is 15.2. The first kappa shape index (κ1) is 17.7. The number of hydrogen-bond acceptors (Lipinski definition) is 5. The van der Waals surface area contributed by atoms with E-state index >= 15 is 4.39 Å². The lowest BCUT2D eigenvalue weighted by Gasteiger charge is -2.34. The summed E-state index contributed by atoms with van der Waals surface area (Å²) < 4.78 is 30.5. The molecule has 4 rings (SSSR count). The molecule has 3 heterocycles. The lowest BCUT2D eigenvalue weighted by Crippen LogP contribution is -2.39. The van der Waals surface area contributed by atoms with Gasteiger partial charge in [-0.1, -0.05) is 0 Å². The van der Waals surface area contributed by atoms with Gasteiger partial charge in [0.25, 0.3) is 5.91 Å². The second kappa shape index (κ2) is 7.13. The Morgan fingerprint density at radius 1 is 1.31 bits per heavy atom. The van der Waals surface area contributed by atoms with Crippen molar-refractivity contribution in [3.63, 3.8) is 0 Å². The summed E-state index contributed by atoms with van der Waals surface area (Å²) in [5, 5.41) is 13.6. The Labute approximate surface area is 154 Å². The first-order chi connectivity index (χ1) is 12.5. The van der Waals surface area contributed by atoms with E-state index in [0.717, 1.165) is 48.9 Å². The Bertz CT molecular complexity index is 754. The topological polar surface area (TPSA) is 84.9 Å². The lowest BCUT2D eigenvalue weighted by atomic mass is 9.94. The number of anilines is 1. The summed E-state index contributed by atoms with van der Waals surface area (Å²) in [6.45, 7) is 4.08. The molecule has 1 atom stereocenters. The van der Waals surface area contributed by atoms with Crippen molar-refractivity contribution >= 4 is 22.8 Å². The van der Waals surface area contributed by atoms with Crippen LogP contribution in [0.2, 0.25) is 0 Å². The van der Waals surface area contributed by atoms with Gasteiger partial charge in [-0.25, -0.2) is 8.60 Å². The maximum atomic E-state index is 15.2. The van der Waals surface area contributed by atoms with Gasteiger partial charge in [-0.2, -0.15) is 0 Å². The van der Waals surface area contributed by atoms with Crippen LogP contribution in [0.15, 0.2) is 6.07 Å². The van der Waals surface area contributed by atoms with E-state index in [0.29, 0.717) is 24.4 Å². The number of fused-ring (bicyclic) bond motifs is 1. The van der Waals surface area contributed by atoms with Gasteiger partial charge in [0, 0.05) is 25.2 Å². The summed E-state index contributed by atoms with van der Waals surface area (Å²) in [6, 6.07) is 1.55. The normalized spacial score (nSPS) is 24.6. The smallest absolute Gasteiger partial charge is 0.253 e. The molecule has 0 radical (unpaired) electrons. The minimum absolute atomic E-state index is 0.149. The summed E-state index contributed by atoms with van der Waals surface area (Å²) >= 11 is -1.86. The highest BCUT2D eigenvalue weighted by Crippen LogP contribution is 2.38. The zero-order valence-electron chi connectivity index (χ0n) is 14.5. The van der Waals surface area contributed by atoms with Gasteiger partial charge in [0.1, 0.15) is 18.0 Å². The molecular formula is C17H23FN4O3S. The first-order valence-electron chi connectivity index (χ1n) is 8.98. The van der Waals surface area contributed by atoms with Gasteiger partial charge in [0.2, 0.25) is 11.2 Å². The average Bonchev–Trinajstić information content (AvgIpc) is 2.94. The molecule has 0 saturated carbocycles. The molecular weight excluding hydrogens is 359 g/mol. The van der Waals surface area contributed by atoms with Crippen molar-refractivity contribution in [1.29, 1.82) is 0 Å². The fourth-order valence-corrected chi connectivity index (χ4v) is 4.99. The third-order valence-corrected chi connectivity index (χ3v) is 6.52. The zero-order chi connectivity index (χ0) is 18.3. The molecule has 142 valence electrons. The van der Waals surface area contributed by atoms with E-state index in [9.17, 15) is 14.1 Å². The van der Waals surface area contributed by atoms with Crippen LogP contribution in [0, 0.1) is 11.7 Å². The highest BCUT2D eigenvalue weighted by molar-refractivity contribution is 7.85. The van der Waals surface area contributed by atoms with Crippen molar-refractivity contribution in [3.05, 3.63) is 23.0 Å². The number of aromatic hydroxyl groups is 1. The number of phenolic OH excluding ortho intramolecular Hbond substituents is 1. The first-order valence-corrected chi connectivity index (χ1v) is 10.1. The molecule has 1 aromatic rings. The number of benzene rings is 1. The van der Waals surface area contributed by atoms with E-state index in [1.807, 2.05) is 0 Å². The number of rotatable bonds is 3. The maximum Gasteiger partial charge on any atom is 0.253 e. The number of hydrogen-bond donors (Lipinski definition) is 3. The van der Waals surface area contributed by atoms with Crippen LogP contribution in [-0.4, -0.2) is 52.8 Å². The summed E-state index contributed by atoms with van der Waals surface area (Å²) in [6.07, 6.45) is 2.94. The predicted octanol–water partition coefficient (Wildman–Crippen LogP) is 0.404. The average molecular weight is 382 g/mol. The molecule has 9 heteroatoms. The molecule has 1 unspecified atom stereocenters. The largest absolute Gasteiger partial charge is 0.506 e. The summed E-state index contributed by atoms with van der Waals surface area (Å²) in [4.78, 5) is 13.7. The monoisotopic (exact) mass is 382 g/mol. The van der Waals surface area contributed by atoms with Crippen molar-refractivity contribution in [3.8, 4) is 5.75 Å². The number of amides is 1. The Hall–Kier alpha value is -1.71. The van der Waals surface area contributed by atoms with Gasteiger partial charge in [0.15, 0.2) is 5.82 Å². The van der Waals surface area contributed by atoms with Crippen LogP contribution < -0.4 is 14.3 Å². The molecule has 0 bridgehead atoms. The Balaban J connectivity index is 1.58. The van der Waals surface area contributed by atoms with Gasteiger partial charge in [-0.05, 0) is 49.9 Å². The van der Waals surface area contributed by atoms with E-state index in [1.54, 1.807) is 6.07 Å². The highest BCUT2D eigenvalue weighted by atomic mass is 32.2. The van der Waals surface area contributed by atoms with Crippen LogP contribution in [0.5, 0.6) is 5.75 Å². The van der Waals surface area contributed by atoms with E-state index in [2.05, 4.69) is 14.9 Å². The van der Waals surface area contributed by atoms with Gasteiger partial charge in [-0.15, -0.1) is 0 Å². The van der Waals surface area contributed by atoms with Gasteiger partial charge >= 0.3 is 0 Å². The number of phenols is 1. The fraction of sp³-hybridized carbons (Fsp3) is 0.588. The molecule has 2 fully saturated rings. The zero-order valence-corrected chi connectivity index (χ0v) is 15.3. The number of nitrogens with one attached hydrogen (secondary N) is 2. The van der Waals surface area contributed by atoms with Crippen LogP contribution in [0.4, 0.5) is 10.1 Å². The Morgan fingerprint density at radius 2 is 2.08 bits per heavy atom. The summed E-state index contributed by atoms with van der Waals surface area (Å²) in [7, 11) is 0. The third kappa shape index (κ3) is 3.30. The minimum Gasteiger partial charge on any atom is -0.506 e. The summed E-state index contributed by atoms with van der Waals surface area (Å²) in [5.74, 6) is -0.671. The molecule has 2 saturated heterocycles. The molecule has 1 aromatic carbocycles. The van der Waals surface area contributed by atoms with Crippen molar-refractivity contribution < 1.29 is 18.5 Å². The van der Waals surface area contributed by atoms with Crippen molar-refractivity contribution in [2.75, 3.05) is 37.0 Å². The van der Waals surface area contributed by atoms with E-state index in [4.69, 9.17) is 0 Å². The predicted molar refractivity (Wildman–Crippen MR) is 96.3 cm³/mol. The van der Waals surface area contributed by atoms with Crippen LogP contribution in [0.1, 0.15) is 24.0 Å². The standard InChI is InChI=1S/C17H23FN4O3S/c18-16-13-9-21(8-11-1-4-19-5-2-11)6-3-12(13)7-14(23)17(16)22-10-15(24)20-26(22)25/h7,11,19,23H,1-6,8-10H2,(H,20,24). The number of carbonyl (C=O) groups is 1. The van der Waals surface area contributed by atoms with Crippen LogP contribution in [-0.2, 0) is 28.9 Å². The number of nitrogens with zero attached hydrogens (tertiary/aromatic N) is 2. The van der Waals surface area contributed by atoms with Gasteiger partial charge in [0.05, 0.1) is 0 Å². The molecule has 3 aliphatic rings. The molecule has 0 spiro atoms. The van der Waals surface area contributed by atoms with Crippen molar-refractivity contribution in [2.24, 2.45) is 5.92 Å². The number of carbonyl (C=O) groups excluding carboxylic acids is 1. The highest BCUT2D eigenvalue weighted by Gasteiger charge is 2.34. The second-order valence-electron chi connectivity index (χ2n) is 7.19. The molecule has 0 aliphatic carbocycles. The molecule has 0 aromatic heterocycles. The van der Waals surface area contributed by atoms with Crippen LogP contribution in [0.25, 0.3) is 0 Å². The molecule has 7 nitrogen and oxygen atoms in total. The lowest BCUT2D eigenvalue weighted by molar-refractivity contribution is -0.117. The van der Waals surface area contributed by atoms with E-state index in [-0.39, 0.29) is 18.0 Å².